The van der Waals surface area contributed by atoms with E-state index in [4.69, 9.17) is 4.42 Å². The highest BCUT2D eigenvalue weighted by Crippen LogP contribution is 2.22. The van der Waals surface area contributed by atoms with E-state index in [1.54, 1.807) is 11.3 Å². The quantitative estimate of drug-likeness (QED) is 0.887. The number of hydrogen-bond acceptors (Lipinski definition) is 6. The maximum atomic E-state index is 5.65. The maximum absolute atomic E-state index is 5.65. The molecule has 5 nitrogen and oxygen atoms in total. The first-order valence-corrected chi connectivity index (χ1v) is 8.02. The van der Waals surface area contributed by atoms with Gasteiger partial charge < -0.3 is 14.6 Å². The van der Waals surface area contributed by atoms with Crippen LogP contribution in [0.5, 0.6) is 0 Å². The van der Waals surface area contributed by atoms with Crippen LogP contribution in [-0.4, -0.2) is 22.8 Å². The highest BCUT2D eigenvalue weighted by atomic mass is 79.9. The van der Waals surface area contributed by atoms with E-state index in [9.17, 15) is 0 Å². The third-order valence-corrected chi connectivity index (χ3v) is 4.25. The fourth-order valence-corrected chi connectivity index (χ4v) is 3.05. The molecule has 0 bridgehead atoms. The molecule has 0 saturated heterocycles. The van der Waals surface area contributed by atoms with Crippen LogP contribution in [0.2, 0.25) is 0 Å². The third-order valence-electron chi connectivity index (χ3n) is 2.57. The first-order chi connectivity index (χ1) is 9.33. The average molecular weight is 359 g/mol. The Kier molecular flexibility index (Phi) is 4.82. The minimum absolute atomic E-state index is 0.0315. The predicted octanol–water partition coefficient (Wildman–Crippen LogP) is 3.42. The molecule has 0 unspecified atom stereocenters. The molecule has 0 radical (unpaired) electrons. The Balaban J connectivity index is 1.94. The van der Waals surface area contributed by atoms with Crippen molar-refractivity contribution in [2.24, 2.45) is 0 Å². The maximum Gasteiger partial charge on any atom is 0.318 e. The van der Waals surface area contributed by atoms with Crippen molar-refractivity contribution in [1.82, 2.24) is 15.5 Å². The highest BCUT2D eigenvalue weighted by molar-refractivity contribution is 9.10. The smallest absolute Gasteiger partial charge is 0.318 e. The molecule has 0 fully saturated rings. The monoisotopic (exact) mass is 358 g/mol. The van der Waals surface area contributed by atoms with Gasteiger partial charge in [-0.1, -0.05) is 5.10 Å². The Morgan fingerprint density at radius 3 is 2.75 bits per heavy atom. The zero-order valence-corrected chi connectivity index (χ0v) is 14.5. The number of thiophene rings is 1. The van der Waals surface area contributed by atoms with E-state index in [-0.39, 0.29) is 5.54 Å². The van der Waals surface area contributed by atoms with Crippen LogP contribution in [-0.2, 0) is 13.1 Å². The summed E-state index contributed by atoms with van der Waals surface area (Å²) in [5.41, 5.74) is 0.0315. The molecule has 2 heterocycles. The van der Waals surface area contributed by atoms with Crippen LogP contribution in [0, 0.1) is 0 Å². The van der Waals surface area contributed by atoms with Crippen molar-refractivity contribution in [2.75, 3.05) is 11.9 Å². The molecule has 2 aromatic rings. The van der Waals surface area contributed by atoms with Crippen LogP contribution in [0.15, 0.2) is 20.3 Å². The van der Waals surface area contributed by atoms with Gasteiger partial charge in [0.05, 0.1) is 13.1 Å². The molecule has 0 atom stereocenters. The lowest BCUT2D eigenvalue weighted by atomic mass is 10.1. The van der Waals surface area contributed by atoms with Crippen LogP contribution >= 0.6 is 27.3 Å². The van der Waals surface area contributed by atoms with Gasteiger partial charge in [-0.25, -0.2) is 0 Å². The van der Waals surface area contributed by atoms with Crippen LogP contribution < -0.4 is 10.2 Å². The summed E-state index contributed by atoms with van der Waals surface area (Å²) in [5, 5.41) is 13.5. The Morgan fingerprint density at radius 2 is 2.15 bits per heavy atom. The first kappa shape index (κ1) is 15.5. The second-order valence-corrected chi connectivity index (χ2v) is 7.58. The van der Waals surface area contributed by atoms with Gasteiger partial charge in [0.2, 0.25) is 5.89 Å². The van der Waals surface area contributed by atoms with E-state index in [0.29, 0.717) is 18.5 Å². The minimum atomic E-state index is 0.0315. The van der Waals surface area contributed by atoms with Crippen LogP contribution in [0.3, 0.4) is 0 Å². The lowest BCUT2D eigenvalue weighted by molar-refractivity contribution is 0.381. The number of nitrogens with one attached hydrogen (secondary N) is 1. The third kappa shape index (κ3) is 4.57. The Bertz CT molecular complexity index is 561. The van der Waals surface area contributed by atoms with Gasteiger partial charge in [-0.05, 0) is 42.8 Å². The topological polar surface area (TPSA) is 54.2 Å². The van der Waals surface area contributed by atoms with Gasteiger partial charge >= 0.3 is 6.01 Å². The van der Waals surface area contributed by atoms with Gasteiger partial charge in [-0.2, -0.15) is 0 Å². The van der Waals surface area contributed by atoms with Crippen molar-refractivity contribution in [3.8, 4) is 0 Å². The van der Waals surface area contributed by atoms with E-state index in [2.05, 4.69) is 63.7 Å². The molecule has 20 heavy (non-hydrogen) atoms. The highest BCUT2D eigenvalue weighted by Gasteiger charge is 2.14. The molecular weight excluding hydrogens is 340 g/mol. The van der Waals surface area contributed by atoms with Crippen molar-refractivity contribution < 1.29 is 4.42 Å². The van der Waals surface area contributed by atoms with Crippen LogP contribution in [0.1, 0.15) is 31.5 Å². The summed E-state index contributed by atoms with van der Waals surface area (Å²) in [5.74, 6) is 0.606. The van der Waals surface area contributed by atoms with Crippen molar-refractivity contribution >= 4 is 33.3 Å². The second kappa shape index (κ2) is 6.24. The van der Waals surface area contributed by atoms with Gasteiger partial charge in [-0.3, -0.25) is 0 Å². The number of nitrogens with zero attached hydrogens (tertiary/aromatic N) is 3. The summed E-state index contributed by atoms with van der Waals surface area (Å²) < 4.78 is 6.76. The summed E-state index contributed by atoms with van der Waals surface area (Å²) in [4.78, 5) is 3.19. The Morgan fingerprint density at radius 1 is 1.40 bits per heavy atom. The summed E-state index contributed by atoms with van der Waals surface area (Å²) in [7, 11) is 1.95. The molecule has 0 amide bonds. The van der Waals surface area contributed by atoms with Crippen molar-refractivity contribution in [2.45, 2.75) is 39.4 Å². The summed E-state index contributed by atoms with van der Waals surface area (Å²) in [6, 6.07) is 2.64. The molecule has 0 aliphatic heterocycles. The number of anilines is 1. The largest absolute Gasteiger partial charge is 0.407 e. The summed E-state index contributed by atoms with van der Waals surface area (Å²) in [6.45, 7) is 7.64. The molecule has 0 aromatic carbocycles. The van der Waals surface area contributed by atoms with Gasteiger partial charge in [0.15, 0.2) is 0 Å². The molecule has 110 valence electrons. The summed E-state index contributed by atoms with van der Waals surface area (Å²) in [6.07, 6.45) is 0. The molecule has 2 rings (SSSR count). The molecular formula is C13H19BrN4OS. The van der Waals surface area contributed by atoms with Gasteiger partial charge in [0.25, 0.3) is 0 Å². The molecule has 0 saturated carbocycles. The standard InChI is InChI=1S/C13H19BrN4OS/c1-13(2,3)15-6-11-16-17-12(19-11)18(4)7-10-5-9(14)8-20-10/h5,8,15H,6-7H2,1-4H3. The lowest BCUT2D eigenvalue weighted by Gasteiger charge is -2.18. The number of hydrogen-bond donors (Lipinski definition) is 1. The van der Waals surface area contributed by atoms with Crippen molar-refractivity contribution in [3.63, 3.8) is 0 Å². The molecule has 1 N–H and O–H groups in total. The van der Waals surface area contributed by atoms with Gasteiger partial charge in [0, 0.05) is 27.3 Å². The molecule has 0 spiro atoms. The van der Waals surface area contributed by atoms with Crippen molar-refractivity contribution in [3.05, 3.63) is 26.7 Å². The van der Waals surface area contributed by atoms with E-state index in [1.807, 2.05) is 11.9 Å². The van der Waals surface area contributed by atoms with Crippen LogP contribution in [0.4, 0.5) is 6.01 Å². The summed E-state index contributed by atoms with van der Waals surface area (Å²) >= 11 is 5.16. The first-order valence-electron chi connectivity index (χ1n) is 6.35. The second-order valence-electron chi connectivity index (χ2n) is 5.67. The van der Waals surface area contributed by atoms with Crippen LogP contribution in [0.25, 0.3) is 0 Å². The van der Waals surface area contributed by atoms with Gasteiger partial charge in [0.1, 0.15) is 0 Å². The number of rotatable bonds is 5. The molecule has 0 aliphatic rings. The SMILES string of the molecule is CN(Cc1cc(Br)cs1)c1nnc(CNC(C)(C)C)o1. The van der Waals surface area contributed by atoms with Gasteiger partial charge in [-0.15, -0.1) is 16.4 Å². The van der Waals surface area contributed by atoms with E-state index in [1.165, 1.54) is 4.88 Å². The Labute approximate surface area is 131 Å². The molecule has 2 aromatic heterocycles. The number of aromatic nitrogens is 2. The van der Waals surface area contributed by atoms with E-state index >= 15 is 0 Å². The lowest BCUT2D eigenvalue weighted by Crippen LogP contribution is -2.35. The number of halogens is 1. The van der Waals surface area contributed by atoms with E-state index < -0.39 is 0 Å². The van der Waals surface area contributed by atoms with Crippen molar-refractivity contribution in [1.29, 1.82) is 0 Å². The molecule has 7 heteroatoms. The Hall–Kier alpha value is -0.920. The normalized spacial score (nSPS) is 11.8. The predicted molar refractivity (Wildman–Crippen MR) is 85.0 cm³/mol. The zero-order chi connectivity index (χ0) is 14.8. The zero-order valence-electron chi connectivity index (χ0n) is 12.1. The van der Waals surface area contributed by atoms with E-state index in [0.717, 1.165) is 11.0 Å². The molecule has 0 aliphatic carbocycles. The fraction of sp³-hybridized carbons (Fsp3) is 0.538. The average Bonchev–Trinajstić information content (AvgIpc) is 2.95. The fourth-order valence-electron chi connectivity index (χ4n) is 1.55. The minimum Gasteiger partial charge on any atom is -0.407 e.